The van der Waals surface area contributed by atoms with E-state index < -0.39 is 0 Å². The Balaban J connectivity index is 2.69. The van der Waals surface area contributed by atoms with Gasteiger partial charge in [-0.25, -0.2) is 4.39 Å². The predicted octanol–water partition coefficient (Wildman–Crippen LogP) is 4.81. The van der Waals surface area contributed by atoms with Gasteiger partial charge in [0.2, 0.25) is 0 Å². The maximum absolute atomic E-state index is 13.0. The molecule has 102 valence electrons. The Morgan fingerprint density at radius 2 is 1.89 bits per heavy atom. The normalized spacial score (nSPS) is 14.0. The van der Waals surface area contributed by atoms with Crippen LogP contribution in [-0.4, -0.2) is 6.54 Å². The van der Waals surface area contributed by atoms with Gasteiger partial charge in [0, 0.05) is 17.6 Å². The molecule has 1 N–H and O–H groups in total. The Bertz CT molecular complexity index is 401. The van der Waals surface area contributed by atoms with Crippen LogP contribution in [-0.2, 0) is 0 Å². The number of hydrogen-bond acceptors (Lipinski definition) is 1. The third-order valence-corrected chi connectivity index (χ3v) is 4.18. The van der Waals surface area contributed by atoms with Crippen molar-refractivity contribution in [3.8, 4) is 0 Å². The highest BCUT2D eigenvalue weighted by molar-refractivity contribution is 6.31. The fraction of sp³-hybridized carbons (Fsp3) is 0.600. The summed E-state index contributed by atoms with van der Waals surface area (Å²) < 4.78 is 13.0. The van der Waals surface area contributed by atoms with Gasteiger partial charge in [0.25, 0.3) is 0 Å². The number of nitrogens with one attached hydrogen (secondary N) is 1. The summed E-state index contributed by atoms with van der Waals surface area (Å²) in [7, 11) is 0. The summed E-state index contributed by atoms with van der Waals surface area (Å²) in [6.45, 7) is 11.9. The zero-order chi connectivity index (χ0) is 13.9. The summed E-state index contributed by atoms with van der Waals surface area (Å²) in [4.78, 5) is 0. The molecule has 0 aliphatic rings. The van der Waals surface area contributed by atoms with Crippen LogP contribution in [0.4, 0.5) is 4.39 Å². The van der Waals surface area contributed by atoms with E-state index in [9.17, 15) is 4.39 Å². The summed E-state index contributed by atoms with van der Waals surface area (Å²) in [5.74, 6) is 0.305. The molecule has 0 saturated carbocycles. The fourth-order valence-electron chi connectivity index (χ4n) is 1.58. The molecule has 0 aliphatic carbocycles. The molecular formula is C15H23ClFN. The van der Waals surface area contributed by atoms with E-state index in [4.69, 9.17) is 11.6 Å². The van der Waals surface area contributed by atoms with Crippen molar-refractivity contribution in [1.82, 2.24) is 5.32 Å². The van der Waals surface area contributed by atoms with Gasteiger partial charge < -0.3 is 5.32 Å². The third-order valence-electron chi connectivity index (χ3n) is 3.86. The van der Waals surface area contributed by atoms with Crippen molar-refractivity contribution in [2.24, 2.45) is 11.3 Å². The Morgan fingerprint density at radius 3 is 2.39 bits per heavy atom. The largest absolute Gasteiger partial charge is 0.310 e. The molecule has 0 saturated heterocycles. The van der Waals surface area contributed by atoms with Crippen LogP contribution in [0.1, 0.15) is 46.2 Å². The van der Waals surface area contributed by atoms with Crippen molar-refractivity contribution in [3.05, 3.63) is 34.6 Å². The van der Waals surface area contributed by atoms with E-state index in [-0.39, 0.29) is 17.3 Å². The van der Waals surface area contributed by atoms with Crippen molar-refractivity contribution in [3.63, 3.8) is 0 Å². The van der Waals surface area contributed by atoms with Crippen LogP contribution in [0.15, 0.2) is 18.2 Å². The predicted molar refractivity (Wildman–Crippen MR) is 76.4 cm³/mol. The quantitative estimate of drug-likeness (QED) is 0.810. The molecule has 0 aliphatic heterocycles. The minimum absolute atomic E-state index is 0.121. The van der Waals surface area contributed by atoms with Crippen LogP contribution in [0, 0.1) is 17.2 Å². The average molecular weight is 272 g/mol. The lowest BCUT2D eigenvalue weighted by Crippen LogP contribution is -2.34. The van der Waals surface area contributed by atoms with Crippen LogP contribution in [0.2, 0.25) is 5.02 Å². The van der Waals surface area contributed by atoms with Crippen molar-refractivity contribution >= 4 is 11.6 Å². The lowest BCUT2D eigenvalue weighted by Gasteiger charge is -2.31. The third kappa shape index (κ3) is 3.96. The van der Waals surface area contributed by atoms with E-state index in [1.807, 2.05) is 0 Å². The second kappa shape index (κ2) is 6.03. The Morgan fingerprint density at radius 1 is 1.28 bits per heavy atom. The minimum Gasteiger partial charge on any atom is -0.310 e. The monoisotopic (exact) mass is 271 g/mol. The van der Waals surface area contributed by atoms with E-state index >= 15 is 0 Å². The van der Waals surface area contributed by atoms with Crippen LogP contribution in [0.5, 0.6) is 0 Å². The second-order valence-corrected chi connectivity index (χ2v) is 6.32. The van der Waals surface area contributed by atoms with Crippen LogP contribution in [0.3, 0.4) is 0 Å². The average Bonchev–Trinajstić information content (AvgIpc) is 2.25. The molecule has 0 amide bonds. The molecule has 18 heavy (non-hydrogen) atoms. The Hall–Kier alpha value is -0.600. The van der Waals surface area contributed by atoms with Gasteiger partial charge in [-0.3, -0.25) is 0 Å². The summed E-state index contributed by atoms with van der Waals surface area (Å²) in [6.07, 6.45) is 0. The van der Waals surface area contributed by atoms with E-state index in [1.54, 1.807) is 6.07 Å². The molecule has 1 nitrogen and oxygen atoms in total. The van der Waals surface area contributed by atoms with E-state index in [0.717, 1.165) is 12.1 Å². The number of hydrogen-bond donors (Lipinski definition) is 1. The molecule has 3 heteroatoms. The molecule has 0 fully saturated rings. The van der Waals surface area contributed by atoms with Gasteiger partial charge >= 0.3 is 0 Å². The maximum atomic E-state index is 13.0. The van der Waals surface area contributed by atoms with Crippen molar-refractivity contribution in [1.29, 1.82) is 0 Å². The van der Waals surface area contributed by atoms with Crippen molar-refractivity contribution < 1.29 is 4.39 Å². The Kier molecular flexibility index (Phi) is 5.18. The Labute approximate surface area is 115 Å². The molecule has 1 atom stereocenters. The van der Waals surface area contributed by atoms with E-state index in [0.29, 0.717) is 10.9 Å². The van der Waals surface area contributed by atoms with Gasteiger partial charge in [0.05, 0.1) is 0 Å². The summed E-state index contributed by atoms with van der Waals surface area (Å²) in [5, 5.41) is 3.96. The highest BCUT2D eigenvalue weighted by Crippen LogP contribution is 2.28. The van der Waals surface area contributed by atoms with Gasteiger partial charge in [-0.1, -0.05) is 45.4 Å². The molecule has 1 aromatic rings. The van der Waals surface area contributed by atoms with Crippen LogP contribution in [0.25, 0.3) is 0 Å². The summed E-state index contributed by atoms with van der Waals surface area (Å²) in [5.41, 5.74) is 1.17. The lowest BCUT2D eigenvalue weighted by atomic mass is 9.81. The molecule has 1 aromatic carbocycles. The highest BCUT2D eigenvalue weighted by Gasteiger charge is 2.23. The van der Waals surface area contributed by atoms with Crippen LogP contribution < -0.4 is 5.32 Å². The zero-order valence-corrected chi connectivity index (χ0v) is 12.6. The van der Waals surface area contributed by atoms with Gasteiger partial charge in [0.15, 0.2) is 0 Å². The van der Waals surface area contributed by atoms with Gasteiger partial charge in [-0.05, 0) is 36.0 Å². The highest BCUT2D eigenvalue weighted by atomic mass is 35.5. The number of benzene rings is 1. The van der Waals surface area contributed by atoms with E-state index in [2.05, 4.69) is 39.9 Å². The topological polar surface area (TPSA) is 12.0 Å². The lowest BCUT2D eigenvalue weighted by molar-refractivity contribution is 0.230. The first-order chi connectivity index (χ1) is 8.24. The SMILES string of the molecule is CC(NCC(C)(C)C(C)C)c1ccc(F)cc1Cl. The molecule has 0 aromatic heterocycles. The van der Waals surface area contributed by atoms with Crippen molar-refractivity contribution in [2.45, 2.75) is 40.7 Å². The first-order valence-corrected chi connectivity index (χ1v) is 6.80. The number of halogens is 2. The standard InChI is InChI=1S/C15H23ClFN/c1-10(2)15(4,5)9-18-11(3)13-7-6-12(17)8-14(13)16/h6-8,10-11,18H,9H2,1-5H3. The van der Waals surface area contributed by atoms with Gasteiger partial charge in [0.1, 0.15) is 5.82 Å². The second-order valence-electron chi connectivity index (χ2n) is 5.91. The molecule has 0 heterocycles. The minimum atomic E-state index is -0.293. The fourth-order valence-corrected chi connectivity index (χ4v) is 1.91. The molecule has 1 unspecified atom stereocenters. The number of rotatable bonds is 5. The van der Waals surface area contributed by atoms with Gasteiger partial charge in [-0.15, -0.1) is 0 Å². The molecular weight excluding hydrogens is 249 g/mol. The smallest absolute Gasteiger partial charge is 0.124 e. The molecule has 0 radical (unpaired) electrons. The summed E-state index contributed by atoms with van der Waals surface area (Å²) >= 11 is 6.06. The molecule has 0 bridgehead atoms. The van der Waals surface area contributed by atoms with Crippen LogP contribution >= 0.6 is 11.6 Å². The first kappa shape index (κ1) is 15.5. The zero-order valence-electron chi connectivity index (χ0n) is 11.8. The van der Waals surface area contributed by atoms with E-state index in [1.165, 1.54) is 12.1 Å². The molecule has 0 spiro atoms. The first-order valence-electron chi connectivity index (χ1n) is 6.42. The maximum Gasteiger partial charge on any atom is 0.124 e. The summed E-state index contributed by atoms with van der Waals surface area (Å²) in [6, 6.07) is 4.68. The molecule has 1 rings (SSSR count). The van der Waals surface area contributed by atoms with Crippen molar-refractivity contribution in [2.75, 3.05) is 6.54 Å². The van der Waals surface area contributed by atoms with Gasteiger partial charge in [-0.2, -0.15) is 0 Å².